The Morgan fingerprint density at radius 3 is 2.69 bits per heavy atom. The Morgan fingerprint density at radius 2 is 1.94 bits per heavy atom. The summed E-state index contributed by atoms with van der Waals surface area (Å²) in [7, 11) is 0. The second kappa shape index (κ2) is 9.58. The molecule has 2 aromatic carbocycles. The van der Waals surface area contributed by atoms with Crippen LogP contribution >= 0.6 is 0 Å². The fourth-order valence-electron chi connectivity index (χ4n) is 4.45. The van der Waals surface area contributed by atoms with Gasteiger partial charge in [0.2, 0.25) is 0 Å². The van der Waals surface area contributed by atoms with E-state index >= 15 is 0 Å². The van der Waals surface area contributed by atoms with Crippen molar-refractivity contribution in [1.29, 1.82) is 0 Å². The number of para-hydroxylation sites is 1. The largest absolute Gasteiger partial charge is 0.507 e. The van der Waals surface area contributed by atoms with Gasteiger partial charge in [-0.1, -0.05) is 25.1 Å². The van der Waals surface area contributed by atoms with Gasteiger partial charge in [0.15, 0.2) is 11.5 Å². The first-order valence-electron chi connectivity index (χ1n) is 11.7. The molecule has 0 saturated heterocycles. The predicted octanol–water partition coefficient (Wildman–Crippen LogP) is 5.31. The van der Waals surface area contributed by atoms with E-state index in [4.69, 9.17) is 13.9 Å². The second-order valence-corrected chi connectivity index (χ2v) is 8.28. The Labute approximate surface area is 203 Å². The van der Waals surface area contributed by atoms with Gasteiger partial charge in [0, 0.05) is 11.1 Å². The number of hydrogen-bond acceptors (Lipinski definition) is 6. The molecule has 4 aromatic rings. The topological polar surface area (TPSA) is 101 Å². The Morgan fingerprint density at radius 1 is 1.09 bits per heavy atom. The van der Waals surface area contributed by atoms with E-state index in [1.165, 1.54) is 0 Å². The molecule has 3 heterocycles. The van der Waals surface area contributed by atoms with Crippen LogP contribution in [0.3, 0.4) is 0 Å². The van der Waals surface area contributed by atoms with Gasteiger partial charge in [-0.2, -0.15) is 5.10 Å². The van der Waals surface area contributed by atoms with E-state index in [0.29, 0.717) is 53.0 Å². The Hall–Kier alpha value is -4.20. The molecular weight excluding hydrogens is 446 g/mol. The third-order valence-corrected chi connectivity index (χ3v) is 5.97. The molecule has 1 aliphatic heterocycles. The van der Waals surface area contributed by atoms with Crippen LogP contribution in [0.4, 0.5) is 0 Å². The van der Waals surface area contributed by atoms with E-state index in [2.05, 4.69) is 10.2 Å². The van der Waals surface area contributed by atoms with Crippen molar-refractivity contribution in [2.45, 2.75) is 32.9 Å². The van der Waals surface area contributed by atoms with E-state index in [1.807, 2.05) is 44.2 Å². The summed E-state index contributed by atoms with van der Waals surface area (Å²) >= 11 is 0. The van der Waals surface area contributed by atoms with Crippen LogP contribution in [0.15, 0.2) is 65.3 Å². The van der Waals surface area contributed by atoms with Crippen molar-refractivity contribution in [2.24, 2.45) is 0 Å². The number of aromatic amines is 1. The second-order valence-electron chi connectivity index (χ2n) is 8.28. The third-order valence-electron chi connectivity index (χ3n) is 5.97. The van der Waals surface area contributed by atoms with Crippen LogP contribution in [-0.2, 0) is 6.54 Å². The first-order chi connectivity index (χ1) is 17.1. The molecule has 1 amide bonds. The summed E-state index contributed by atoms with van der Waals surface area (Å²) in [6.45, 7) is 5.30. The molecule has 0 bridgehead atoms. The number of fused-ring (bicyclic) bond motifs is 1. The van der Waals surface area contributed by atoms with Crippen molar-refractivity contribution in [1.82, 2.24) is 15.1 Å². The van der Waals surface area contributed by atoms with Crippen molar-refractivity contribution in [3.63, 3.8) is 0 Å². The van der Waals surface area contributed by atoms with E-state index in [9.17, 15) is 9.90 Å². The molecule has 0 fully saturated rings. The lowest BCUT2D eigenvalue weighted by Gasteiger charge is -2.26. The zero-order chi connectivity index (χ0) is 24.4. The van der Waals surface area contributed by atoms with Crippen molar-refractivity contribution >= 4 is 5.91 Å². The number of nitrogens with one attached hydrogen (secondary N) is 1. The summed E-state index contributed by atoms with van der Waals surface area (Å²) in [6, 6.07) is 15.9. The monoisotopic (exact) mass is 473 g/mol. The van der Waals surface area contributed by atoms with Crippen LogP contribution in [0.5, 0.6) is 17.2 Å². The Kier molecular flexibility index (Phi) is 6.18. The number of amides is 1. The van der Waals surface area contributed by atoms with Gasteiger partial charge in [0.1, 0.15) is 22.9 Å². The lowest BCUT2D eigenvalue weighted by molar-refractivity contribution is 0.0716. The van der Waals surface area contributed by atoms with Crippen LogP contribution in [-0.4, -0.2) is 39.3 Å². The van der Waals surface area contributed by atoms with Gasteiger partial charge in [-0.3, -0.25) is 9.89 Å². The zero-order valence-electron chi connectivity index (χ0n) is 19.7. The number of nitrogens with zero attached hydrogens (tertiary/aromatic N) is 2. The van der Waals surface area contributed by atoms with E-state index < -0.39 is 6.04 Å². The molecule has 0 saturated carbocycles. The molecule has 1 unspecified atom stereocenters. The van der Waals surface area contributed by atoms with Gasteiger partial charge in [-0.15, -0.1) is 0 Å². The van der Waals surface area contributed by atoms with E-state index in [1.54, 1.807) is 35.4 Å². The first-order valence-corrected chi connectivity index (χ1v) is 11.7. The zero-order valence-corrected chi connectivity index (χ0v) is 19.7. The number of ether oxygens (including phenoxy) is 2. The highest BCUT2D eigenvalue weighted by Gasteiger charge is 2.43. The molecule has 0 radical (unpaired) electrons. The molecule has 8 nitrogen and oxygen atoms in total. The van der Waals surface area contributed by atoms with Gasteiger partial charge in [-0.25, -0.2) is 0 Å². The van der Waals surface area contributed by atoms with Crippen molar-refractivity contribution in [3.05, 3.63) is 83.4 Å². The van der Waals surface area contributed by atoms with Crippen LogP contribution in [0.2, 0.25) is 0 Å². The van der Waals surface area contributed by atoms with Crippen LogP contribution in [0.1, 0.15) is 53.7 Å². The summed E-state index contributed by atoms with van der Waals surface area (Å²) in [5.74, 6) is 1.84. The lowest BCUT2D eigenvalue weighted by Crippen LogP contribution is -2.29. The quantitative estimate of drug-likeness (QED) is 0.342. The normalized spacial score (nSPS) is 14.9. The SMILES string of the molecule is CCCOc1ccc(C2c3c(-c4ccccc4O)n[nH]c3C(=O)N2Cc2ccco2)cc1OCC. The average molecular weight is 474 g/mol. The van der Waals surface area contributed by atoms with Crippen molar-refractivity contribution in [2.75, 3.05) is 13.2 Å². The minimum Gasteiger partial charge on any atom is -0.507 e. The molecule has 2 aromatic heterocycles. The van der Waals surface area contributed by atoms with Gasteiger partial charge in [0.25, 0.3) is 5.91 Å². The molecule has 1 aliphatic rings. The summed E-state index contributed by atoms with van der Waals surface area (Å²) in [5.41, 5.74) is 3.02. The molecule has 1 atom stereocenters. The fraction of sp³-hybridized carbons (Fsp3) is 0.259. The number of carbonyl (C=O) groups is 1. The molecule has 2 N–H and O–H groups in total. The standard InChI is InChI=1S/C27H27N3O5/c1-3-13-35-21-12-11-17(15-22(21)33-4-2)26-23-24(19-9-5-6-10-20(19)31)28-29-25(23)27(32)30(26)16-18-8-7-14-34-18/h5-12,14-15,26,31H,3-4,13,16H2,1-2H3,(H,28,29). The van der Waals surface area contributed by atoms with E-state index in [-0.39, 0.29) is 18.2 Å². The minimum absolute atomic E-state index is 0.0933. The highest BCUT2D eigenvalue weighted by atomic mass is 16.5. The number of H-pyrrole nitrogens is 1. The van der Waals surface area contributed by atoms with Gasteiger partial charge in [-0.05, 0) is 55.3 Å². The first kappa shape index (κ1) is 22.6. The highest BCUT2D eigenvalue weighted by Crippen LogP contribution is 2.46. The molecule has 0 aliphatic carbocycles. The minimum atomic E-state index is -0.476. The molecule has 35 heavy (non-hydrogen) atoms. The van der Waals surface area contributed by atoms with Crippen LogP contribution in [0, 0.1) is 0 Å². The fourth-order valence-corrected chi connectivity index (χ4v) is 4.45. The number of carbonyl (C=O) groups excluding carboxylic acids is 1. The summed E-state index contributed by atoms with van der Waals surface area (Å²) in [4.78, 5) is 15.3. The number of hydrogen-bond donors (Lipinski definition) is 2. The van der Waals surface area contributed by atoms with Crippen molar-refractivity contribution < 1.29 is 23.8 Å². The number of benzene rings is 2. The van der Waals surface area contributed by atoms with Crippen LogP contribution < -0.4 is 9.47 Å². The Bertz CT molecular complexity index is 1330. The molecule has 0 spiro atoms. The number of phenolic OH excluding ortho intramolecular Hbond substituents is 1. The molecule has 5 rings (SSSR count). The van der Waals surface area contributed by atoms with E-state index in [0.717, 1.165) is 12.0 Å². The number of furan rings is 1. The maximum atomic E-state index is 13.5. The molecule has 180 valence electrons. The summed E-state index contributed by atoms with van der Waals surface area (Å²) in [5, 5.41) is 17.9. The molecule has 8 heteroatoms. The van der Waals surface area contributed by atoms with Crippen molar-refractivity contribution in [3.8, 4) is 28.5 Å². The maximum Gasteiger partial charge on any atom is 0.273 e. The third kappa shape index (κ3) is 4.12. The Balaban J connectivity index is 1.65. The summed E-state index contributed by atoms with van der Waals surface area (Å²) in [6.07, 6.45) is 2.47. The van der Waals surface area contributed by atoms with Gasteiger partial charge < -0.3 is 23.9 Å². The van der Waals surface area contributed by atoms with Gasteiger partial charge in [0.05, 0.1) is 32.1 Å². The number of aromatic hydroxyl groups is 1. The smallest absolute Gasteiger partial charge is 0.273 e. The number of phenols is 1. The number of aromatic nitrogens is 2. The maximum absolute atomic E-state index is 13.5. The average Bonchev–Trinajstić information content (AvgIpc) is 3.59. The predicted molar refractivity (Wildman–Crippen MR) is 130 cm³/mol. The van der Waals surface area contributed by atoms with Gasteiger partial charge >= 0.3 is 0 Å². The van der Waals surface area contributed by atoms with Crippen LogP contribution in [0.25, 0.3) is 11.3 Å². The summed E-state index contributed by atoms with van der Waals surface area (Å²) < 4.78 is 17.3. The highest BCUT2D eigenvalue weighted by molar-refractivity contribution is 6.00. The molecular formula is C27H27N3O5. The lowest BCUT2D eigenvalue weighted by atomic mass is 9.95. The number of rotatable bonds is 9.